The van der Waals surface area contributed by atoms with Crippen LogP contribution >= 0.6 is 11.8 Å². The second-order valence-electron chi connectivity index (χ2n) is 4.24. The van der Waals surface area contributed by atoms with E-state index >= 15 is 0 Å². The van der Waals surface area contributed by atoms with Crippen LogP contribution < -0.4 is 0 Å². The monoisotopic (exact) mass is 250 g/mol. The maximum absolute atomic E-state index is 5.57. The summed E-state index contributed by atoms with van der Waals surface area (Å²) in [5, 5.41) is 0. The zero-order valence-corrected chi connectivity index (χ0v) is 12.7. The molecule has 0 amide bonds. The fraction of sp³-hybridized carbons (Fsp3) is 1.00. The minimum Gasteiger partial charge on any atom is -0.398 e. The summed E-state index contributed by atoms with van der Waals surface area (Å²) in [5.74, 6) is 3.30. The van der Waals surface area contributed by atoms with E-state index in [-0.39, 0.29) is 0 Å². The van der Waals surface area contributed by atoms with E-state index in [0.717, 1.165) is 18.0 Å². The average molecular weight is 250 g/mol. The van der Waals surface area contributed by atoms with Crippen molar-refractivity contribution in [1.29, 1.82) is 0 Å². The van der Waals surface area contributed by atoms with Crippen molar-refractivity contribution in [3.63, 3.8) is 0 Å². The zero-order chi connectivity index (χ0) is 11.7. The van der Waals surface area contributed by atoms with E-state index in [0.29, 0.717) is 0 Å². The maximum atomic E-state index is 5.57. The van der Waals surface area contributed by atoms with Gasteiger partial charge in [0.25, 0.3) is 0 Å². The number of hydrogen-bond donors (Lipinski definition) is 0. The minimum absolute atomic E-state index is 0.799. The molecule has 0 bridgehead atoms. The molecule has 0 aliphatic carbocycles. The molecule has 0 aromatic carbocycles. The molecule has 15 heavy (non-hydrogen) atoms. The summed E-state index contributed by atoms with van der Waals surface area (Å²) in [4.78, 5) is 0. The Morgan fingerprint density at radius 3 is 2.20 bits per heavy atom. The zero-order valence-electron chi connectivity index (χ0n) is 10.8. The lowest BCUT2D eigenvalue weighted by Gasteiger charge is -2.25. The van der Waals surface area contributed by atoms with E-state index in [1.807, 2.05) is 11.8 Å². The second-order valence-corrected chi connectivity index (χ2v) is 9.24. The molecule has 0 radical (unpaired) electrons. The Balaban J connectivity index is 3.63. The van der Waals surface area contributed by atoms with Gasteiger partial charge in [0.2, 0.25) is 0 Å². The van der Waals surface area contributed by atoms with Gasteiger partial charge in [0, 0.05) is 14.2 Å². The average Bonchev–Trinajstić information content (AvgIpc) is 2.24. The predicted octanol–water partition coefficient (Wildman–Crippen LogP) is 3.52. The number of hydrogen-bond acceptors (Lipinski definition) is 3. The summed E-state index contributed by atoms with van der Waals surface area (Å²) in [6.45, 7) is 6.70. The van der Waals surface area contributed by atoms with Crippen LogP contribution in [0.4, 0.5) is 0 Å². The highest BCUT2D eigenvalue weighted by Gasteiger charge is 2.32. The van der Waals surface area contributed by atoms with Crippen molar-refractivity contribution in [3.8, 4) is 0 Å². The summed E-state index contributed by atoms with van der Waals surface area (Å²) in [6.07, 6.45) is 1.22. The van der Waals surface area contributed by atoms with Crippen molar-refractivity contribution < 1.29 is 8.85 Å². The highest BCUT2D eigenvalue weighted by molar-refractivity contribution is 7.99. The van der Waals surface area contributed by atoms with Gasteiger partial charge in [0.15, 0.2) is 0 Å². The topological polar surface area (TPSA) is 18.5 Å². The highest BCUT2D eigenvalue weighted by atomic mass is 32.2. The summed E-state index contributed by atoms with van der Waals surface area (Å²) < 4.78 is 11.1. The lowest BCUT2D eigenvalue weighted by molar-refractivity contribution is 0.242. The lowest BCUT2D eigenvalue weighted by Crippen LogP contribution is -2.39. The van der Waals surface area contributed by atoms with E-state index < -0.39 is 8.56 Å². The van der Waals surface area contributed by atoms with Gasteiger partial charge in [-0.15, -0.1) is 0 Å². The van der Waals surface area contributed by atoms with Gasteiger partial charge in [-0.05, 0) is 35.9 Å². The summed E-state index contributed by atoms with van der Waals surface area (Å²) in [7, 11) is 1.78. The van der Waals surface area contributed by atoms with Gasteiger partial charge in [-0.1, -0.05) is 20.8 Å². The largest absolute Gasteiger partial charge is 0.398 e. The fourth-order valence-electron chi connectivity index (χ4n) is 1.52. The standard InChI is InChI=1S/C11H26O2SSi/c1-6-15(12-4,13-5)9-7-8-14-10-11(2)3/h11H,6-10H2,1-5H3. The van der Waals surface area contributed by atoms with Crippen LogP contribution in [0.15, 0.2) is 0 Å². The van der Waals surface area contributed by atoms with Crippen molar-refractivity contribution in [2.24, 2.45) is 5.92 Å². The Bertz CT molecular complexity index is 141. The van der Waals surface area contributed by atoms with Crippen molar-refractivity contribution in [3.05, 3.63) is 0 Å². The van der Waals surface area contributed by atoms with Crippen LogP contribution in [0.25, 0.3) is 0 Å². The molecule has 0 atom stereocenters. The van der Waals surface area contributed by atoms with Crippen LogP contribution in [0, 0.1) is 5.92 Å². The molecular formula is C11H26O2SSi. The van der Waals surface area contributed by atoms with Crippen LogP contribution in [-0.4, -0.2) is 34.3 Å². The third kappa shape index (κ3) is 6.61. The Morgan fingerprint density at radius 1 is 1.20 bits per heavy atom. The first-order chi connectivity index (χ1) is 7.10. The van der Waals surface area contributed by atoms with Crippen molar-refractivity contribution in [1.82, 2.24) is 0 Å². The van der Waals surface area contributed by atoms with E-state index in [2.05, 4.69) is 20.8 Å². The van der Waals surface area contributed by atoms with Gasteiger partial charge in [-0.2, -0.15) is 11.8 Å². The number of rotatable bonds is 9. The molecule has 0 saturated heterocycles. The van der Waals surface area contributed by atoms with Crippen LogP contribution in [0.2, 0.25) is 12.1 Å². The van der Waals surface area contributed by atoms with Gasteiger partial charge in [-0.3, -0.25) is 0 Å². The van der Waals surface area contributed by atoms with E-state index in [1.54, 1.807) is 14.2 Å². The molecular weight excluding hydrogens is 224 g/mol. The third-order valence-electron chi connectivity index (χ3n) is 2.58. The maximum Gasteiger partial charge on any atom is 0.337 e. The fourth-order valence-corrected chi connectivity index (χ4v) is 4.98. The second kappa shape index (κ2) is 8.62. The van der Waals surface area contributed by atoms with Gasteiger partial charge in [0.1, 0.15) is 0 Å². The molecule has 0 aliphatic rings. The van der Waals surface area contributed by atoms with Gasteiger partial charge in [-0.25, -0.2) is 0 Å². The highest BCUT2D eigenvalue weighted by Crippen LogP contribution is 2.21. The van der Waals surface area contributed by atoms with E-state index in [4.69, 9.17) is 8.85 Å². The van der Waals surface area contributed by atoms with Gasteiger partial charge in [0.05, 0.1) is 0 Å². The molecule has 0 aliphatic heterocycles. The molecule has 0 saturated carbocycles. The number of thioether (sulfide) groups is 1. The molecule has 0 heterocycles. The minimum atomic E-state index is -1.81. The van der Waals surface area contributed by atoms with Crippen molar-refractivity contribution in [2.45, 2.75) is 39.3 Å². The molecule has 92 valence electrons. The first kappa shape index (κ1) is 15.5. The summed E-state index contributed by atoms with van der Waals surface area (Å²) >= 11 is 2.04. The quantitative estimate of drug-likeness (QED) is 0.461. The molecule has 0 unspecified atom stereocenters. The summed E-state index contributed by atoms with van der Waals surface area (Å²) in [5.41, 5.74) is 0. The Hall–Kier alpha value is 0.487. The first-order valence-corrected chi connectivity index (χ1v) is 9.16. The molecule has 0 fully saturated rings. The molecule has 0 N–H and O–H groups in total. The summed E-state index contributed by atoms with van der Waals surface area (Å²) in [6, 6.07) is 2.18. The SMILES string of the molecule is CC[Si](CCCSCC(C)C)(OC)OC. The van der Waals surface area contributed by atoms with E-state index in [1.165, 1.54) is 17.9 Å². The first-order valence-electron chi connectivity index (χ1n) is 5.78. The Morgan fingerprint density at radius 2 is 1.80 bits per heavy atom. The molecule has 0 rings (SSSR count). The van der Waals surface area contributed by atoms with Crippen molar-refractivity contribution >= 4 is 20.3 Å². The molecule has 4 heteroatoms. The normalized spacial score (nSPS) is 12.4. The van der Waals surface area contributed by atoms with E-state index in [9.17, 15) is 0 Å². The molecule has 0 aromatic rings. The molecule has 0 aromatic heterocycles. The van der Waals surface area contributed by atoms with Crippen LogP contribution in [-0.2, 0) is 8.85 Å². The Labute approximate surface area is 100 Å². The molecule has 0 spiro atoms. The van der Waals surface area contributed by atoms with Crippen LogP contribution in [0.3, 0.4) is 0 Å². The third-order valence-corrected chi connectivity index (χ3v) is 7.74. The van der Waals surface area contributed by atoms with Crippen LogP contribution in [0.1, 0.15) is 27.2 Å². The lowest BCUT2D eigenvalue weighted by atomic mass is 10.3. The van der Waals surface area contributed by atoms with Gasteiger partial charge < -0.3 is 8.85 Å². The molecule has 2 nitrogen and oxygen atoms in total. The van der Waals surface area contributed by atoms with Crippen molar-refractivity contribution in [2.75, 3.05) is 25.7 Å². The Kier molecular flexibility index (Phi) is 8.90. The van der Waals surface area contributed by atoms with Crippen LogP contribution in [0.5, 0.6) is 0 Å². The smallest absolute Gasteiger partial charge is 0.337 e. The predicted molar refractivity (Wildman–Crippen MR) is 71.8 cm³/mol. The van der Waals surface area contributed by atoms with Gasteiger partial charge >= 0.3 is 8.56 Å².